The number of rotatable bonds is 3. The second-order valence-corrected chi connectivity index (χ2v) is 9.06. The molecular weight excluding hydrogens is 325 g/mol. The fourth-order valence-electron chi connectivity index (χ4n) is 2.75. The summed E-state index contributed by atoms with van der Waals surface area (Å²) in [5.74, 6) is 0.0401. The molecular formula is C15H25Cl2N3O2. The van der Waals surface area contributed by atoms with E-state index in [0.717, 1.165) is 0 Å². The van der Waals surface area contributed by atoms with Gasteiger partial charge in [-0.05, 0) is 34.1 Å². The molecule has 2 rings (SSSR count). The zero-order valence-corrected chi connectivity index (χ0v) is 15.2. The maximum absolute atomic E-state index is 12.5. The summed E-state index contributed by atoms with van der Waals surface area (Å²) in [5, 5.41) is 2.95. The van der Waals surface area contributed by atoms with E-state index >= 15 is 0 Å². The molecule has 1 atom stereocenters. The summed E-state index contributed by atoms with van der Waals surface area (Å²) < 4.78 is -0.923. The van der Waals surface area contributed by atoms with Gasteiger partial charge in [0.2, 0.25) is 11.8 Å². The Morgan fingerprint density at radius 1 is 1.14 bits per heavy atom. The number of amides is 2. The van der Waals surface area contributed by atoms with Crippen LogP contribution in [0, 0.1) is 5.41 Å². The summed E-state index contributed by atoms with van der Waals surface area (Å²) in [6.07, 6.45) is 0.510. The highest BCUT2D eigenvalue weighted by atomic mass is 35.5. The number of hydrogen-bond donors (Lipinski definition) is 1. The van der Waals surface area contributed by atoms with E-state index in [-0.39, 0.29) is 17.4 Å². The first kappa shape index (κ1) is 17.8. The van der Waals surface area contributed by atoms with E-state index in [9.17, 15) is 9.59 Å². The van der Waals surface area contributed by atoms with E-state index in [1.165, 1.54) is 0 Å². The van der Waals surface area contributed by atoms with Gasteiger partial charge in [-0.1, -0.05) is 0 Å². The molecule has 1 N–H and O–H groups in total. The molecule has 1 heterocycles. The SMILES string of the molecule is CC(C)(C)NC(=O)CN1CCN(C(=O)C2(C)CC2(Cl)Cl)CC1. The minimum atomic E-state index is -0.923. The quantitative estimate of drug-likeness (QED) is 0.788. The van der Waals surface area contributed by atoms with Crippen LogP contribution in [0.5, 0.6) is 0 Å². The third-order valence-electron chi connectivity index (χ3n) is 4.27. The van der Waals surface area contributed by atoms with E-state index in [0.29, 0.717) is 39.1 Å². The van der Waals surface area contributed by atoms with Gasteiger partial charge in [0.05, 0.1) is 12.0 Å². The molecule has 7 heteroatoms. The number of halogens is 2. The Bertz CT molecular complexity index is 468. The normalized spacial score (nSPS) is 28.4. The molecule has 126 valence electrons. The largest absolute Gasteiger partial charge is 0.350 e. The first-order valence-electron chi connectivity index (χ1n) is 7.65. The molecule has 0 spiro atoms. The van der Waals surface area contributed by atoms with Gasteiger partial charge in [-0.2, -0.15) is 0 Å². The van der Waals surface area contributed by atoms with E-state index in [1.807, 2.05) is 32.6 Å². The average Bonchev–Trinajstić information content (AvgIpc) is 2.87. The van der Waals surface area contributed by atoms with Gasteiger partial charge >= 0.3 is 0 Å². The van der Waals surface area contributed by atoms with Crippen molar-refractivity contribution in [2.24, 2.45) is 5.41 Å². The Hall–Kier alpha value is -0.520. The van der Waals surface area contributed by atoms with Gasteiger partial charge in [0, 0.05) is 31.7 Å². The molecule has 1 saturated carbocycles. The Kier molecular flexibility index (Phi) is 4.73. The van der Waals surface area contributed by atoms with Gasteiger partial charge in [0.25, 0.3) is 0 Å². The molecule has 0 aromatic carbocycles. The number of nitrogens with zero attached hydrogens (tertiary/aromatic N) is 2. The fourth-order valence-corrected chi connectivity index (χ4v) is 3.45. The lowest BCUT2D eigenvalue weighted by molar-refractivity contribution is -0.138. The highest BCUT2D eigenvalue weighted by molar-refractivity contribution is 6.53. The summed E-state index contributed by atoms with van der Waals surface area (Å²) in [5.41, 5.74) is -0.874. The van der Waals surface area contributed by atoms with Gasteiger partial charge in [-0.25, -0.2) is 0 Å². The highest BCUT2D eigenvalue weighted by Crippen LogP contribution is 2.64. The standard InChI is InChI=1S/C15H25Cl2N3O2/c1-13(2,3)18-11(21)9-19-5-7-20(8-6-19)12(22)14(4)10-15(14,16)17/h5-10H2,1-4H3,(H,18,21). The molecule has 1 saturated heterocycles. The number of carbonyl (C=O) groups is 2. The Labute approximate surface area is 142 Å². The van der Waals surface area contributed by atoms with E-state index in [2.05, 4.69) is 10.2 Å². The van der Waals surface area contributed by atoms with Crippen molar-refractivity contribution in [1.82, 2.24) is 15.1 Å². The minimum absolute atomic E-state index is 0.0157. The minimum Gasteiger partial charge on any atom is -0.350 e. The molecule has 22 heavy (non-hydrogen) atoms. The maximum atomic E-state index is 12.5. The van der Waals surface area contributed by atoms with Crippen LogP contribution in [0.3, 0.4) is 0 Å². The van der Waals surface area contributed by atoms with Crippen LogP contribution >= 0.6 is 23.2 Å². The second-order valence-electron chi connectivity index (χ2n) is 7.58. The van der Waals surface area contributed by atoms with Crippen molar-refractivity contribution in [3.63, 3.8) is 0 Å². The van der Waals surface area contributed by atoms with Crippen LogP contribution in [-0.2, 0) is 9.59 Å². The maximum Gasteiger partial charge on any atom is 0.234 e. The number of alkyl halides is 2. The van der Waals surface area contributed by atoms with Crippen LogP contribution in [0.4, 0.5) is 0 Å². The van der Waals surface area contributed by atoms with E-state index in [4.69, 9.17) is 23.2 Å². The van der Waals surface area contributed by atoms with E-state index in [1.54, 1.807) is 0 Å². The number of hydrogen-bond acceptors (Lipinski definition) is 3. The number of piperazine rings is 1. The average molecular weight is 350 g/mol. The topological polar surface area (TPSA) is 52.7 Å². The van der Waals surface area contributed by atoms with Gasteiger partial charge in [0.1, 0.15) is 4.33 Å². The van der Waals surface area contributed by atoms with Crippen molar-refractivity contribution >= 4 is 35.0 Å². The number of nitrogens with one attached hydrogen (secondary N) is 1. The molecule has 5 nitrogen and oxygen atoms in total. The summed E-state index contributed by atoms with van der Waals surface area (Å²) in [6.45, 7) is 10.7. The third-order valence-corrected chi connectivity index (χ3v) is 5.37. The lowest BCUT2D eigenvalue weighted by Crippen LogP contribution is -2.54. The number of carbonyl (C=O) groups excluding carboxylic acids is 2. The molecule has 0 aromatic heterocycles. The van der Waals surface area contributed by atoms with Gasteiger partial charge in [0.15, 0.2) is 0 Å². The van der Waals surface area contributed by atoms with Gasteiger partial charge < -0.3 is 10.2 Å². The summed E-state index contributed by atoms with van der Waals surface area (Å²) in [4.78, 5) is 28.3. The lowest BCUT2D eigenvalue weighted by atomic mass is 10.1. The smallest absolute Gasteiger partial charge is 0.234 e. The predicted molar refractivity (Wildman–Crippen MR) is 88.1 cm³/mol. The van der Waals surface area contributed by atoms with Crippen molar-refractivity contribution < 1.29 is 9.59 Å². The second kappa shape index (κ2) is 5.84. The van der Waals surface area contributed by atoms with Crippen molar-refractivity contribution in [2.75, 3.05) is 32.7 Å². The molecule has 2 aliphatic rings. The highest BCUT2D eigenvalue weighted by Gasteiger charge is 2.68. The molecule has 0 bridgehead atoms. The molecule has 2 fully saturated rings. The predicted octanol–water partition coefficient (Wildman–Crippen LogP) is 1.63. The summed E-state index contributed by atoms with van der Waals surface area (Å²) in [6, 6.07) is 0. The molecule has 2 amide bonds. The first-order valence-corrected chi connectivity index (χ1v) is 8.41. The zero-order valence-electron chi connectivity index (χ0n) is 13.7. The molecule has 1 aliphatic heterocycles. The van der Waals surface area contributed by atoms with Crippen LogP contribution in [0.2, 0.25) is 0 Å². The van der Waals surface area contributed by atoms with Crippen molar-refractivity contribution in [3.05, 3.63) is 0 Å². The van der Waals surface area contributed by atoms with Crippen LogP contribution in [0.1, 0.15) is 34.1 Å². The Morgan fingerprint density at radius 3 is 2.05 bits per heavy atom. The van der Waals surface area contributed by atoms with E-state index < -0.39 is 9.75 Å². The van der Waals surface area contributed by atoms with Crippen LogP contribution in [-0.4, -0.2) is 64.2 Å². The Morgan fingerprint density at radius 2 is 1.64 bits per heavy atom. The molecule has 0 aromatic rings. The zero-order chi connectivity index (χ0) is 16.8. The van der Waals surface area contributed by atoms with Crippen molar-refractivity contribution in [2.45, 2.75) is 44.0 Å². The van der Waals surface area contributed by atoms with Crippen LogP contribution in [0.15, 0.2) is 0 Å². The summed E-state index contributed by atoms with van der Waals surface area (Å²) >= 11 is 12.2. The molecule has 1 aliphatic carbocycles. The molecule has 1 unspecified atom stereocenters. The lowest BCUT2D eigenvalue weighted by Gasteiger charge is -2.36. The fraction of sp³-hybridized carbons (Fsp3) is 0.867. The van der Waals surface area contributed by atoms with Crippen molar-refractivity contribution in [1.29, 1.82) is 0 Å². The van der Waals surface area contributed by atoms with Crippen molar-refractivity contribution in [3.8, 4) is 0 Å². The Balaban J connectivity index is 1.79. The van der Waals surface area contributed by atoms with Gasteiger partial charge in [-0.3, -0.25) is 14.5 Å². The van der Waals surface area contributed by atoms with Crippen LogP contribution in [0.25, 0.3) is 0 Å². The van der Waals surface area contributed by atoms with Gasteiger partial charge in [-0.15, -0.1) is 23.2 Å². The third kappa shape index (κ3) is 3.87. The monoisotopic (exact) mass is 349 g/mol. The van der Waals surface area contributed by atoms with Crippen LogP contribution < -0.4 is 5.32 Å². The summed E-state index contributed by atoms with van der Waals surface area (Å²) in [7, 11) is 0. The molecule has 0 radical (unpaired) electrons. The first-order chi connectivity index (χ1) is 9.95.